The van der Waals surface area contributed by atoms with Crippen LogP contribution in [0.5, 0.6) is 0 Å². The van der Waals surface area contributed by atoms with E-state index in [-0.39, 0.29) is 0 Å². The molecule has 17 heavy (non-hydrogen) atoms. The van der Waals surface area contributed by atoms with Crippen LogP contribution in [0.25, 0.3) is 0 Å². The van der Waals surface area contributed by atoms with Gasteiger partial charge in [0, 0.05) is 11.4 Å². The van der Waals surface area contributed by atoms with Gasteiger partial charge in [-0.15, -0.1) is 17.8 Å². The zero-order chi connectivity index (χ0) is 13.0. The minimum absolute atomic E-state index is 0.379. The van der Waals surface area contributed by atoms with E-state index in [1.165, 1.54) is 0 Å². The number of aryl methyl sites for hydroxylation is 2. The lowest BCUT2D eigenvalue weighted by Crippen LogP contribution is -2.32. The van der Waals surface area contributed by atoms with Crippen molar-refractivity contribution in [1.82, 2.24) is 4.98 Å². The van der Waals surface area contributed by atoms with Crippen molar-refractivity contribution < 1.29 is 9.90 Å². The molecule has 0 aliphatic carbocycles. The van der Waals surface area contributed by atoms with Crippen LogP contribution in [-0.4, -0.2) is 29.1 Å². The lowest BCUT2D eigenvalue weighted by atomic mass is 10.2. The molecule has 4 nitrogen and oxygen atoms in total. The van der Waals surface area contributed by atoms with Crippen molar-refractivity contribution in [3.05, 3.63) is 10.6 Å². The third-order valence-corrected chi connectivity index (χ3v) is 3.62. The summed E-state index contributed by atoms with van der Waals surface area (Å²) in [4.78, 5) is 18.2. The van der Waals surface area contributed by atoms with Gasteiger partial charge in [0.15, 0.2) is 5.13 Å². The number of aliphatic carboxylic acids is 1. The molecule has 1 rings (SSSR count). The standard InChI is InChI=1S/C12H16N2O2S/c1-5-6-14(7-8(2)11(15)16)12-13-9(3)10(4)17-12/h1,8H,6-7H2,2-4H3,(H,15,16). The molecule has 1 unspecified atom stereocenters. The van der Waals surface area contributed by atoms with Crippen molar-refractivity contribution in [2.45, 2.75) is 20.8 Å². The number of nitrogens with zero attached hydrogens (tertiary/aromatic N) is 2. The molecule has 0 spiro atoms. The SMILES string of the molecule is C#CCN(CC(C)C(=O)O)c1nc(C)c(C)s1. The maximum atomic E-state index is 10.8. The van der Waals surface area contributed by atoms with Gasteiger partial charge < -0.3 is 10.0 Å². The molecule has 1 aromatic rings. The Kier molecular flexibility index (Phi) is 4.53. The van der Waals surface area contributed by atoms with Gasteiger partial charge in [0.25, 0.3) is 0 Å². The lowest BCUT2D eigenvalue weighted by molar-refractivity contribution is -0.140. The van der Waals surface area contributed by atoms with E-state index in [4.69, 9.17) is 11.5 Å². The van der Waals surface area contributed by atoms with Crippen LogP contribution in [0.2, 0.25) is 0 Å². The molecule has 0 saturated heterocycles. The molecular formula is C12H16N2O2S. The van der Waals surface area contributed by atoms with E-state index in [0.29, 0.717) is 13.1 Å². The van der Waals surface area contributed by atoms with Crippen LogP contribution in [0.1, 0.15) is 17.5 Å². The quantitative estimate of drug-likeness (QED) is 0.813. The first kappa shape index (κ1) is 13.5. The average Bonchev–Trinajstić information content (AvgIpc) is 2.58. The molecule has 1 atom stereocenters. The van der Waals surface area contributed by atoms with Gasteiger partial charge in [-0.3, -0.25) is 4.79 Å². The average molecular weight is 252 g/mol. The monoisotopic (exact) mass is 252 g/mol. The number of hydrogen-bond acceptors (Lipinski definition) is 4. The molecular weight excluding hydrogens is 236 g/mol. The maximum absolute atomic E-state index is 10.8. The highest BCUT2D eigenvalue weighted by Crippen LogP contribution is 2.25. The van der Waals surface area contributed by atoms with Crippen LogP contribution in [0.3, 0.4) is 0 Å². The normalized spacial score (nSPS) is 11.9. The summed E-state index contributed by atoms with van der Waals surface area (Å²) in [5, 5.41) is 9.71. The Morgan fingerprint density at radius 2 is 2.29 bits per heavy atom. The van der Waals surface area contributed by atoms with Crippen molar-refractivity contribution >= 4 is 22.4 Å². The van der Waals surface area contributed by atoms with Gasteiger partial charge in [-0.25, -0.2) is 4.98 Å². The van der Waals surface area contributed by atoms with E-state index in [9.17, 15) is 4.79 Å². The second kappa shape index (κ2) is 5.69. The van der Waals surface area contributed by atoms with Crippen LogP contribution in [0, 0.1) is 32.1 Å². The Morgan fingerprint density at radius 3 is 2.71 bits per heavy atom. The molecule has 0 saturated carbocycles. The first-order chi connectivity index (χ1) is 7.95. The van der Waals surface area contributed by atoms with E-state index in [0.717, 1.165) is 15.7 Å². The molecule has 0 fully saturated rings. The number of carboxylic acids is 1. The zero-order valence-corrected chi connectivity index (χ0v) is 11.0. The highest BCUT2D eigenvalue weighted by Gasteiger charge is 2.18. The summed E-state index contributed by atoms with van der Waals surface area (Å²) in [5.41, 5.74) is 0.968. The smallest absolute Gasteiger partial charge is 0.308 e. The Labute approximate surface area is 105 Å². The number of rotatable bonds is 5. The van der Waals surface area contributed by atoms with E-state index in [2.05, 4.69) is 10.9 Å². The first-order valence-corrected chi connectivity index (χ1v) is 6.12. The number of hydrogen-bond donors (Lipinski definition) is 1. The number of carbonyl (C=O) groups is 1. The minimum atomic E-state index is -0.822. The van der Waals surface area contributed by atoms with Crippen LogP contribution < -0.4 is 4.90 Å². The second-order valence-electron chi connectivity index (χ2n) is 3.96. The van der Waals surface area contributed by atoms with Gasteiger partial charge >= 0.3 is 5.97 Å². The van der Waals surface area contributed by atoms with E-state index in [1.54, 1.807) is 18.3 Å². The Balaban J connectivity index is 2.86. The van der Waals surface area contributed by atoms with Crippen LogP contribution in [0.4, 0.5) is 5.13 Å². The highest BCUT2D eigenvalue weighted by molar-refractivity contribution is 7.15. The molecule has 0 bridgehead atoms. The van der Waals surface area contributed by atoms with Gasteiger partial charge in [0.05, 0.1) is 18.2 Å². The van der Waals surface area contributed by atoms with Gasteiger partial charge in [0.1, 0.15) is 0 Å². The van der Waals surface area contributed by atoms with Crippen molar-refractivity contribution in [2.24, 2.45) is 5.92 Å². The van der Waals surface area contributed by atoms with Gasteiger partial charge in [0.2, 0.25) is 0 Å². The first-order valence-electron chi connectivity index (χ1n) is 5.31. The predicted octanol–water partition coefficient (Wildman–Crippen LogP) is 1.92. The van der Waals surface area contributed by atoms with E-state index < -0.39 is 11.9 Å². The highest BCUT2D eigenvalue weighted by atomic mass is 32.1. The molecule has 0 aliphatic heterocycles. The summed E-state index contributed by atoms with van der Waals surface area (Å²) in [6.07, 6.45) is 5.30. The number of thiazole rings is 1. The van der Waals surface area contributed by atoms with Crippen LogP contribution in [0.15, 0.2) is 0 Å². The fraction of sp³-hybridized carbons (Fsp3) is 0.500. The van der Waals surface area contributed by atoms with Crippen molar-refractivity contribution in [1.29, 1.82) is 0 Å². The van der Waals surface area contributed by atoms with Crippen LogP contribution >= 0.6 is 11.3 Å². The van der Waals surface area contributed by atoms with E-state index in [1.807, 2.05) is 18.7 Å². The zero-order valence-electron chi connectivity index (χ0n) is 10.2. The number of carboxylic acid groups (broad SMARTS) is 1. The fourth-order valence-corrected chi connectivity index (χ4v) is 2.24. The molecule has 1 heterocycles. The molecule has 1 aromatic heterocycles. The summed E-state index contributed by atoms with van der Waals surface area (Å²) in [5.74, 6) is 1.25. The third-order valence-electron chi connectivity index (χ3n) is 2.49. The Morgan fingerprint density at radius 1 is 1.65 bits per heavy atom. The largest absolute Gasteiger partial charge is 0.481 e. The van der Waals surface area contributed by atoms with Crippen molar-refractivity contribution in [2.75, 3.05) is 18.0 Å². The van der Waals surface area contributed by atoms with Gasteiger partial charge in [-0.1, -0.05) is 12.8 Å². The molecule has 1 N–H and O–H groups in total. The van der Waals surface area contributed by atoms with Gasteiger partial charge in [-0.2, -0.15) is 0 Å². The van der Waals surface area contributed by atoms with Gasteiger partial charge in [-0.05, 0) is 13.8 Å². The molecule has 0 aromatic carbocycles. The minimum Gasteiger partial charge on any atom is -0.481 e. The fourth-order valence-electron chi connectivity index (χ4n) is 1.32. The number of aromatic nitrogens is 1. The maximum Gasteiger partial charge on any atom is 0.308 e. The van der Waals surface area contributed by atoms with E-state index >= 15 is 0 Å². The predicted molar refractivity (Wildman–Crippen MR) is 69.4 cm³/mol. The molecule has 0 amide bonds. The van der Waals surface area contributed by atoms with Crippen molar-refractivity contribution in [3.8, 4) is 12.3 Å². The summed E-state index contributed by atoms with van der Waals surface area (Å²) in [7, 11) is 0. The lowest BCUT2D eigenvalue weighted by Gasteiger charge is -2.21. The molecule has 92 valence electrons. The summed E-state index contributed by atoms with van der Waals surface area (Å²) < 4.78 is 0. The molecule has 0 aliphatic rings. The van der Waals surface area contributed by atoms with Crippen molar-refractivity contribution in [3.63, 3.8) is 0 Å². The third kappa shape index (κ3) is 3.46. The molecule has 5 heteroatoms. The second-order valence-corrected chi connectivity index (χ2v) is 5.14. The molecule has 0 radical (unpaired) electrons. The number of terminal acetylenes is 1. The Bertz CT molecular complexity index is 428. The number of anilines is 1. The van der Waals surface area contributed by atoms with Crippen LogP contribution in [-0.2, 0) is 4.79 Å². The summed E-state index contributed by atoms with van der Waals surface area (Å²) in [6.45, 7) is 6.35. The topological polar surface area (TPSA) is 53.4 Å². The summed E-state index contributed by atoms with van der Waals surface area (Å²) in [6, 6.07) is 0. The Hall–Kier alpha value is -1.54. The summed E-state index contributed by atoms with van der Waals surface area (Å²) >= 11 is 1.54.